The monoisotopic (exact) mass is 311 g/mol. The molecule has 0 bridgehead atoms. The van der Waals surface area contributed by atoms with Crippen molar-refractivity contribution in [1.29, 1.82) is 0 Å². The van der Waals surface area contributed by atoms with Gasteiger partial charge in [-0.05, 0) is 38.9 Å². The van der Waals surface area contributed by atoms with E-state index in [1.54, 1.807) is 4.31 Å². The van der Waals surface area contributed by atoms with Crippen LogP contribution in [0.1, 0.15) is 26.2 Å². The van der Waals surface area contributed by atoms with Gasteiger partial charge in [-0.15, -0.1) is 0 Å². The molecule has 0 aliphatic carbocycles. The molecule has 0 spiro atoms. The van der Waals surface area contributed by atoms with E-state index in [0.29, 0.717) is 19.6 Å². The van der Waals surface area contributed by atoms with Crippen LogP contribution in [0.4, 0.5) is 5.69 Å². The summed E-state index contributed by atoms with van der Waals surface area (Å²) in [4.78, 5) is 0. The summed E-state index contributed by atoms with van der Waals surface area (Å²) in [5.74, 6) is 0. The molecule has 118 valence electrons. The van der Waals surface area contributed by atoms with Gasteiger partial charge in [-0.25, -0.2) is 0 Å². The lowest BCUT2D eigenvalue weighted by Crippen LogP contribution is -2.53. The molecule has 1 saturated heterocycles. The van der Waals surface area contributed by atoms with Gasteiger partial charge in [0, 0.05) is 25.7 Å². The average molecular weight is 311 g/mol. The molecule has 1 unspecified atom stereocenters. The fraction of sp³-hybridized carbons (Fsp3) is 0.600. The molecule has 0 aromatic heterocycles. The number of nitrogens with one attached hydrogen (secondary N) is 1. The van der Waals surface area contributed by atoms with E-state index >= 15 is 0 Å². The predicted molar refractivity (Wildman–Crippen MR) is 86.7 cm³/mol. The minimum Gasteiger partial charge on any atom is -0.318 e. The van der Waals surface area contributed by atoms with Crippen LogP contribution in [0.3, 0.4) is 0 Å². The second-order valence-corrected chi connectivity index (χ2v) is 7.13. The zero-order valence-electron chi connectivity index (χ0n) is 12.8. The number of likely N-dealkylation sites (N-methyl/N-ethyl adjacent to an activating group) is 1. The van der Waals surface area contributed by atoms with E-state index in [4.69, 9.17) is 0 Å². The molecule has 1 atom stereocenters. The standard InChI is InChI=1S/C15H25N3O2S/c1-3-17(14-9-5-4-6-10-14)21(19,20)18-12-8-7-11-15(18)13-16-2/h4-6,9-10,15-16H,3,7-8,11-13H2,1-2H3. The number of piperidine rings is 1. The number of para-hydroxylation sites is 1. The van der Waals surface area contributed by atoms with Crippen molar-refractivity contribution < 1.29 is 8.42 Å². The van der Waals surface area contributed by atoms with Crippen molar-refractivity contribution in [3.8, 4) is 0 Å². The normalized spacial score (nSPS) is 20.4. The molecular weight excluding hydrogens is 286 g/mol. The highest BCUT2D eigenvalue weighted by Gasteiger charge is 2.35. The Morgan fingerprint density at radius 3 is 2.62 bits per heavy atom. The number of rotatable bonds is 6. The van der Waals surface area contributed by atoms with Gasteiger partial charge in [-0.2, -0.15) is 12.7 Å². The van der Waals surface area contributed by atoms with Crippen LogP contribution in [0.2, 0.25) is 0 Å². The highest BCUT2D eigenvalue weighted by atomic mass is 32.2. The van der Waals surface area contributed by atoms with Crippen molar-refractivity contribution in [2.75, 3.05) is 31.0 Å². The first-order valence-electron chi connectivity index (χ1n) is 7.60. The number of benzene rings is 1. The number of anilines is 1. The van der Waals surface area contributed by atoms with Crippen LogP contribution in [-0.4, -0.2) is 45.4 Å². The fourth-order valence-corrected chi connectivity index (χ4v) is 4.80. The molecule has 6 heteroatoms. The van der Waals surface area contributed by atoms with E-state index in [-0.39, 0.29) is 6.04 Å². The summed E-state index contributed by atoms with van der Waals surface area (Å²) in [6, 6.07) is 9.38. The molecule has 0 saturated carbocycles. The number of hydrogen-bond acceptors (Lipinski definition) is 3. The van der Waals surface area contributed by atoms with E-state index in [1.165, 1.54) is 4.31 Å². The molecular formula is C15H25N3O2S. The summed E-state index contributed by atoms with van der Waals surface area (Å²) >= 11 is 0. The van der Waals surface area contributed by atoms with E-state index in [9.17, 15) is 8.42 Å². The van der Waals surface area contributed by atoms with Gasteiger partial charge in [0.2, 0.25) is 0 Å². The minimum atomic E-state index is -3.47. The van der Waals surface area contributed by atoms with Gasteiger partial charge in [0.15, 0.2) is 0 Å². The SMILES string of the molecule is CCN(c1ccccc1)S(=O)(=O)N1CCCCC1CNC. The first-order chi connectivity index (χ1) is 10.1. The molecule has 21 heavy (non-hydrogen) atoms. The van der Waals surface area contributed by atoms with Crippen molar-refractivity contribution >= 4 is 15.9 Å². The zero-order chi connectivity index (χ0) is 15.3. The Balaban J connectivity index is 2.29. The molecule has 1 heterocycles. The fourth-order valence-electron chi connectivity index (χ4n) is 2.92. The predicted octanol–water partition coefficient (Wildman–Crippen LogP) is 1.83. The molecule has 1 aromatic carbocycles. The van der Waals surface area contributed by atoms with Crippen LogP contribution in [0, 0.1) is 0 Å². The molecule has 0 radical (unpaired) electrons. The molecule has 1 fully saturated rings. The van der Waals surface area contributed by atoms with Gasteiger partial charge in [0.25, 0.3) is 0 Å². The van der Waals surface area contributed by atoms with Gasteiger partial charge in [0.1, 0.15) is 0 Å². The average Bonchev–Trinajstić information content (AvgIpc) is 2.49. The third-order valence-corrected chi connectivity index (χ3v) is 6.02. The van der Waals surface area contributed by atoms with Crippen LogP contribution in [0.5, 0.6) is 0 Å². The molecule has 0 amide bonds. The molecule has 2 rings (SSSR count). The summed E-state index contributed by atoms with van der Waals surface area (Å²) in [6.45, 7) is 3.63. The zero-order valence-corrected chi connectivity index (χ0v) is 13.6. The minimum absolute atomic E-state index is 0.0477. The lowest BCUT2D eigenvalue weighted by molar-refractivity contribution is 0.248. The Bertz CT molecular complexity index is 531. The van der Waals surface area contributed by atoms with Gasteiger partial charge in [-0.3, -0.25) is 4.31 Å². The van der Waals surface area contributed by atoms with E-state index in [0.717, 1.165) is 24.9 Å². The summed E-state index contributed by atoms with van der Waals surface area (Å²) in [5, 5.41) is 3.11. The van der Waals surface area contributed by atoms with E-state index in [2.05, 4.69) is 5.32 Å². The lowest BCUT2D eigenvalue weighted by atomic mass is 10.1. The highest BCUT2D eigenvalue weighted by Crippen LogP contribution is 2.26. The summed E-state index contributed by atoms with van der Waals surface area (Å²) in [5.41, 5.74) is 0.730. The van der Waals surface area contributed by atoms with Crippen molar-refractivity contribution in [1.82, 2.24) is 9.62 Å². The summed E-state index contributed by atoms with van der Waals surface area (Å²) < 4.78 is 29.2. The lowest BCUT2D eigenvalue weighted by Gasteiger charge is -2.38. The van der Waals surface area contributed by atoms with E-state index < -0.39 is 10.2 Å². The highest BCUT2D eigenvalue weighted by molar-refractivity contribution is 7.90. The number of nitrogens with zero attached hydrogens (tertiary/aromatic N) is 2. The second-order valence-electron chi connectivity index (χ2n) is 5.33. The summed E-state index contributed by atoms with van der Waals surface area (Å²) in [6.07, 6.45) is 2.95. The Hall–Kier alpha value is -1.11. The molecule has 1 aliphatic heterocycles. The summed E-state index contributed by atoms with van der Waals surface area (Å²) in [7, 11) is -1.60. The molecule has 1 aromatic rings. The van der Waals surface area contributed by atoms with Crippen molar-refractivity contribution in [3.05, 3.63) is 30.3 Å². The van der Waals surface area contributed by atoms with Gasteiger partial charge in [0.05, 0.1) is 5.69 Å². The molecule has 1 N–H and O–H groups in total. The smallest absolute Gasteiger partial charge is 0.304 e. The first-order valence-corrected chi connectivity index (χ1v) is 9.00. The quantitative estimate of drug-likeness (QED) is 0.872. The topological polar surface area (TPSA) is 52.7 Å². The number of hydrogen-bond donors (Lipinski definition) is 1. The Labute approximate surface area is 128 Å². The van der Waals surface area contributed by atoms with Gasteiger partial charge >= 0.3 is 10.2 Å². The molecule has 1 aliphatic rings. The van der Waals surface area contributed by atoms with Crippen LogP contribution >= 0.6 is 0 Å². The first kappa shape index (κ1) is 16.3. The van der Waals surface area contributed by atoms with Gasteiger partial charge in [-0.1, -0.05) is 24.6 Å². The van der Waals surface area contributed by atoms with Crippen LogP contribution < -0.4 is 9.62 Å². The van der Waals surface area contributed by atoms with Crippen molar-refractivity contribution in [2.24, 2.45) is 0 Å². The maximum Gasteiger partial charge on any atom is 0.304 e. The Kier molecular flexibility index (Phi) is 5.61. The van der Waals surface area contributed by atoms with Crippen LogP contribution in [0.15, 0.2) is 30.3 Å². The molecule has 5 nitrogen and oxygen atoms in total. The van der Waals surface area contributed by atoms with Crippen molar-refractivity contribution in [2.45, 2.75) is 32.2 Å². The van der Waals surface area contributed by atoms with Crippen LogP contribution in [0.25, 0.3) is 0 Å². The Morgan fingerprint density at radius 1 is 1.29 bits per heavy atom. The maximum atomic E-state index is 13.0. The van der Waals surface area contributed by atoms with Crippen molar-refractivity contribution in [3.63, 3.8) is 0 Å². The largest absolute Gasteiger partial charge is 0.318 e. The second kappa shape index (κ2) is 7.24. The van der Waals surface area contributed by atoms with Crippen LogP contribution in [-0.2, 0) is 10.2 Å². The van der Waals surface area contributed by atoms with Gasteiger partial charge < -0.3 is 5.32 Å². The maximum absolute atomic E-state index is 13.0. The third kappa shape index (κ3) is 3.56. The third-order valence-electron chi connectivity index (χ3n) is 3.92. The van der Waals surface area contributed by atoms with E-state index in [1.807, 2.05) is 44.3 Å². The Morgan fingerprint density at radius 2 is 2.00 bits per heavy atom.